The largest absolute Gasteiger partial charge is 0.463 e. The Morgan fingerprint density at radius 3 is 2.52 bits per heavy atom. The molecule has 0 saturated carbocycles. The van der Waals surface area contributed by atoms with E-state index >= 15 is 0 Å². The maximum Gasteiger partial charge on any atom is 0.336 e. The monoisotopic (exact) mass is 420 g/mol. The van der Waals surface area contributed by atoms with E-state index in [0.29, 0.717) is 21.9 Å². The number of amides is 2. The van der Waals surface area contributed by atoms with Crippen molar-refractivity contribution in [1.29, 1.82) is 0 Å². The second kappa shape index (κ2) is 9.92. The van der Waals surface area contributed by atoms with Crippen LogP contribution in [0.3, 0.4) is 0 Å². The van der Waals surface area contributed by atoms with Crippen LogP contribution in [0.15, 0.2) is 35.5 Å². The molecule has 0 spiro atoms. The molecule has 7 heteroatoms. The zero-order chi connectivity index (χ0) is 21.7. The number of nitrogens with one attached hydrogen (secondary N) is 1. The van der Waals surface area contributed by atoms with Gasteiger partial charge in [-0.1, -0.05) is 43.6 Å². The number of carbonyl (C=O) groups is 3. The Hall–Kier alpha value is -2.34. The van der Waals surface area contributed by atoms with Crippen LogP contribution < -0.4 is 5.32 Å². The summed E-state index contributed by atoms with van der Waals surface area (Å²) in [7, 11) is 0. The van der Waals surface area contributed by atoms with Crippen LogP contribution in [0.1, 0.15) is 52.5 Å². The lowest BCUT2D eigenvalue weighted by Crippen LogP contribution is -2.46. The lowest BCUT2D eigenvalue weighted by Gasteiger charge is -2.34. The van der Waals surface area contributed by atoms with Crippen LogP contribution in [0.25, 0.3) is 0 Å². The molecule has 158 valence electrons. The number of allylic oxidation sites excluding steroid dienone is 1. The molecule has 1 aliphatic heterocycles. The van der Waals surface area contributed by atoms with Crippen molar-refractivity contribution < 1.29 is 19.1 Å². The maximum absolute atomic E-state index is 12.9. The minimum Gasteiger partial charge on any atom is -0.463 e. The number of ether oxygens (including phenoxy) is 1. The van der Waals surface area contributed by atoms with Gasteiger partial charge >= 0.3 is 5.97 Å². The predicted octanol–water partition coefficient (Wildman–Crippen LogP) is 3.65. The number of carbonyl (C=O) groups excluding carboxylic acids is 3. The molecule has 1 N–H and O–H groups in total. The first-order valence-corrected chi connectivity index (χ1v) is 10.3. The maximum atomic E-state index is 12.9. The van der Waals surface area contributed by atoms with Gasteiger partial charge in [0.2, 0.25) is 11.8 Å². The Labute approximate surface area is 177 Å². The number of rotatable bonds is 7. The highest BCUT2D eigenvalue weighted by atomic mass is 35.5. The fraction of sp³-hybridized carbons (Fsp3) is 0.500. The molecule has 6 nitrogen and oxygen atoms in total. The Morgan fingerprint density at radius 2 is 1.93 bits per heavy atom. The highest BCUT2D eigenvalue weighted by molar-refractivity contribution is 6.31. The van der Waals surface area contributed by atoms with E-state index in [1.165, 1.54) is 4.90 Å². The molecule has 0 aromatic heterocycles. The van der Waals surface area contributed by atoms with Crippen LogP contribution in [-0.2, 0) is 19.1 Å². The number of esters is 1. The van der Waals surface area contributed by atoms with E-state index in [1.807, 2.05) is 26.8 Å². The van der Waals surface area contributed by atoms with Crippen LogP contribution in [0.2, 0.25) is 5.02 Å². The second-order valence-electron chi connectivity index (χ2n) is 7.58. The lowest BCUT2D eigenvalue weighted by molar-refractivity contribution is -0.141. The number of hydrogen-bond acceptors (Lipinski definition) is 4. The number of benzene rings is 1. The summed E-state index contributed by atoms with van der Waals surface area (Å²) in [6, 6.07) is 7.12. The highest BCUT2D eigenvalue weighted by Gasteiger charge is 2.38. The van der Waals surface area contributed by atoms with Crippen molar-refractivity contribution in [2.24, 2.45) is 5.92 Å². The molecule has 2 atom stereocenters. The molecule has 0 saturated heterocycles. The number of nitrogens with zero attached hydrogens (tertiary/aromatic N) is 1. The number of hydrogen-bond donors (Lipinski definition) is 1. The lowest BCUT2D eigenvalue weighted by atomic mass is 9.83. The van der Waals surface area contributed by atoms with Gasteiger partial charge in [0, 0.05) is 29.1 Å². The van der Waals surface area contributed by atoms with Gasteiger partial charge in [-0.2, -0.15) is 0 Å². The van der Waals surface area contributed by atoms with E-state index in [1.54, 1.807) is 32.0 Å². The molecular formula is C22H29ClN2O4. The number of halogens is 1. The molecule has 1 aliphatic rings. The van der Waals surface area contributed by atoms with E-state index < -0.39 is 11.9 Å². The SMILES string of the molecule is CCOC(=O)C1=C(C)N(CC(=O)NC(C)C(C)C)C(=O)CC1c1ccccc1Cl. The average Bonchev–Trinajstić information content (AvgIpc) is 2.65. The van der Waals surface area contributed by atoms with E-state index in [9.17, 15) is 14.4 Å². The molecule has 0 radical (unpaired) electrons. The summed E-state index contributed by atoms with van der Waals surface area (Å²) in [6.07, 6.45) is 0.0439. The summed E-state index contributed by atoms with van der Waals surface area (Å²) < 4.78 is 5.25. The van der Waals surface area contributed by atoms with Crippen molar-refractivity contribution in [2.45, 2.75) is 53.0 Å². The van der Waals surface area contributed by atoms with Gasteiger partial charge in [-0.25, -0.2) is 4.79 Å². The summed E-state index contributed by atoms with van der Waals surface area (Å²) in [6.45, 7) is 9.41. The van der Waals surface area contributed by atoms with Crippen molar-refractivity contribution in [2.75, 3.05) is 13.2 Å². The average molecular weight is 421 g/mol. The minimum atomic E-state index is -0.510. The van der Waals surface area contributed by atoms with E-state index in [4.69, 9.17) is 16.3 Å². The molecular weight excluding hydrogens is 392 g/mol. The van der Waals surface area contributed by atoms with Gasteiger partial charge in [-0.05, 0) is 38.3 Å². The smallest absolute Gasteiger partial charge is 0.336 e. The van der Waals surface area contributed by atoms with Crippen LogP contribution in [0.4, 0.5) is 0 Å². The fourth-order valence-electron chi connectivity index (χ4n) is 3.31. The van der Waals surface area contributed by atoms with Gasteiger partial charge in [-0.3, -0.25) is 9.59 Å². The standard InChI is InChI=1S/C22H29ClN2O4/c1-6-29-22(28)21-15(5)25(12-19(26)24-14(4)13(2)3)20(27)11-17(21)16-9-7-8-10-18(16)23/h7-10,13-14,17H,6,11-12H2,1-5H3,(H,24,26). The first-order chi connectivity index (χ1) is 13.7. The summed E-state index contributed by atoms with van der Waals surface area (Å²) in [4.78, 5) is 39.5. The molecule has 2 unspecified atom stereocenters. The van der Waals surface area contributed by atoms with Crippen molar-refractivity contribution in [3.63, 3.8) is 0 Å². The van der Waals surface area contributed by atoms with Crippen molar-refractivity contribution in [3.05, 3.63) is 46.1 Å². The molecule has 1 aromatic carbocycles. The topological polar surface area (TPSA) is 75.7 Å². The molecule has 0 fully saturated rings. The quantitative estimate of drug-likeness (QED) is 0.683. The Balaban J connectivity index is 2.40. The van der Waals surface area contributed by atoms with Crippen LogP contribution in [0.5, 0.6) is 0 Å². The molecule has 0 bridgehead atoms. The molecule has 1 heterocycles. The van der Waals surface area contributed by atoms with Crippen molar-refractivity contribution in [1.82, 2.24) is 10.2 Å². The Kier molecular flexibility index (Phi) is 7.85. The van der Waals surface area contributed by atoms with Crippen LogP contribution in [-0.4, -0.2) is 41.9 Å². The minimum absolute atomic E-state index is 0.0212. The van der Waals surface area contributed by atoms with E-state index in [0.717, 1.165) is 0 Å². The predicted molar refractivity (Wildman–Crippen MR) is 112 cm³/mol. The Bertz CT molecular complexity index is 819. The first-order valence-electron chi connectivity index (χ1n) is 9.89. The molecule has 0 aliphatic carbocycles. The normalized spacial score (nSPS) is 18.1. The third-order valence-electron chi connectivity index (χ3n) is 5.29. The van der Waals surface area contributed by atoms with Gasteiger partial charge in [-0.15, -0.1) is 0 Å². The summed E-state index contributed by atoms with van der Waals surface area (Å²) in [5, 5.41) is 3.38. The van der Waals surface area contributed by atoms with E-state index in [-0.39, 0.29) is 43.3 Å². The summed E-state index contributed by atoms with van der Waals surface area (Å²) in [5.74, 6) is -1.23. The zero-order valence-electron chi connectivity index (χ0n) is 17.6. The van der Waals surface area contributed by atoms with Crippen LogP contribution >= 0.6 is 11.6 Å². The third kappa shape index (κ3) is 5.38. The molecule has 1 aromatic rings. The molecule has 2 rings (SSSR count). The van der Waals surface area contributed by atoms with Crippen molar-refractivity contribution >= 4 is 29.4 Å². The third-order valence-corrected chi connectivity index (χ3v) is 5.63. The van der Waals surface area contributed by atoms with Gasteiger partial charge in [0.1, 0.15) is 6.54 Å². The van der Waals surface area contributed by atoms with Gasteiger partial charge in [0.25, 0.3) is 0 Å². The highest BCUT2D eigenvalue weighted by Crippen LogP contribution is 2.39. The fourth-order valence-corrected chi connectivity index (χ4v) is 3.58. The van der Waals surface area contributed by atoms with Gasteiger partial charge in [0.05, 0.1) is 12.2 Å². The molecule has 2 amide bonds. The van der Waals surface area contributed by atoms with Crippen LogP contribution in [0, 0.1) is 5.92 Å². The zero-order valence-corrected chi connectivity index (χ0v) is 18.4. The first kappa shape index (κ1) is 22.9. The van der Waals surface area contributed by atoms with Gasteiger partial charge < -0.3 is 15.0 Å². The Morgan fingerprint density at radius 1 is 1.28 bits per heavy atom. The van der Waals surface area contributed by atoms with Gasteiger partial charge in [0.15, 0.2) is 0 Å². The van der Waals surface area contributed by atoms with Crippen molar-refractivity contribution in [3.8, 4) is 0 Å². The second-order valence-corrected chi connectivity index (χ2v) is 7.99. The van der Waals surface area contributed by atoms with E-state index in [2.05, 4.69) is 5.32 Å². The molecule has 29 heavy (non-hydrogen) atoms. The summed E-state index contributed by atoms with van der Waals surface area (Å²) in [5.41, 5.74) is 1.49. The summed E-state index contributed by atoms with van der Waals surface area (Å²) >= 11 is 6.34.